The summed E-state index contributed by atoms with van der Waals surface area (Å²) in [6, 6.07) is 3.81. The third kappa shape index (κ3) is 4.14. The lowest BCUT2D eigenvalue weighted by Gasteiger charge is -2.21. The molecule has 0 bridgehead atoms. The lowest BCUT2D eigenvalue weighted by molar-refractivity contribution is -0.127. The van der Waals surface area contributed by atoms with Gasteiger partial charge in [-0.25, -0.2) is 0 Å². The minimum absolute atomic E-state index is 0.0995. The first-order chi connectivity index (χ1) is 9.16. The Bertz CT molecular complexity index is 449. The van der Waals surface area contributed by atoms with Gasteiger partial charge in [0.15, 0.2) is 5.78 Å². The predicted molar refractivity (Wildman–Crippen MR) is 74.6 cm³/mol. The van der Waals surface area contributed by atoms with E-state index in [0.717, 1.165) is 29.0 Å². The molecule has 2 heterocycles. The Balaban J connectivity index is 1.73. The molecule has 2 rings (SSSR count). The Labute approximate surface area is 117 Å². The minimum atomic E-state index is 0.0995. The quantitative estimate of drug-likeness (QED) is 0.840. The van der Waals surface area contributed by atoms with Crippen LogP contribution in [0.2, 0.25) is 0 Å². The molecular formula is C14H19NO3S. The molecule has 1 aliphatic rings. The van der Waals surface area contributed by atoms with Crippen molar-refractivity contribution in [2.24, 2.45) is 5.92 Å². The van der Waals surface area contributed by atoms with E-state index < -0.39 is 0 Å². The van der Waals surface area contributed by atoms with Crippen LogP contribution in [0.25, 0.3) is 0 Å². The molecule has 1 amide bonds. The molecule has 19 heavy (non-hydrogen) atoms. The van der Waals surface area contributed by atoms with Crippen molar-refractivity contribution in [2.75, 3.05) is 19.8 Å². The second-order valence-corrected chi connectivity index (χ2v) is 5.92. The maximum atomic E-state index is 11.9. The SMILES string of the molecule is CC(=O)c1ccc(CCNC(=O)C2CCOCC2)s1. The zero-order valence-corrected chi connectivity index (χ0v) is 11.9. The van der Waals surface area contributed by atoms with Gasteiger partial charge in [0.2, 0.25) is 5.91 Å². The number of amides is 1. The predicted octanol–water partition coefficient (Wildman–Crippen LogP) is 2.04. The van der Waals surface area contributed by atoms with Gasteiger partial charge in [-0.2, -0.15) is 0 Å². The van der Waals surface area contributed by atoms with Gasteiger partial charge in [-0.15, -0.1) is 11.3 Å². The van der Waals surface area contributed by atoms with Crippen molar-refractivity contribution < 1.29 is 14.3 Å². The summed E-state index contributed by atoms with van der Waals surface area (Å²) >= 11 is 1.51. The monoisotopic (exact) mass is 281 g/mol. The van der Waals surface area contributed by atoms with Crippen LogP contribution in [0.4, 0.5) is 0 Å². The maximum absolute atomic E-state index is 11.9. The summed E-state index contributed by atoms with van der Waals surface area (Å²) in [6.07, 6.45) is 2.42. The fraction of sp³-hybridized carbons (Fsp3) is 0.571. The maximum Gasteiger partial charge on any atom is 0.223 e. The Hall–Kier alpha value is -1.20. The molecule has 0 atom stereocenters. The van der Waals surface area contributed by atoms with E-state index in [9.17, 15) is 9.59 Å². The molecule has 4 nitrogen and oxygen atoms in total. The fourth-order valence-electron chi connectivity index (χ4n) is 2.11. The smallest absolute Gasteiger partial charge is 0.223 e. The summed E-state index contributed by atoms with van der Waals surface area (Å²) < 4.78 is 5.24. The number of rotatable bonds is 5. The first kappa shape index (κ1) is 14.2. The Morgan fingerprint density at radius 2 is 2.11 bits per heavy atom. The number of ether oxygens (including phenoxy) is 1. The summed E-state index contributed by atoms with van der Waals surface area (Å²) in [5.74, 6) is 0.332. The second kappa shape index (κ2) is 6.82. The van der Waals surface area contributed by atoms with Crippen LogP contribution >= 0.6 is 11.3 Å². The van der Waals surface area contributed by atoms with Crippen LogP contribution in [-0.2, 0) is 16.0 Å². The molecule has 0 aliphatic carbocycles. The van der Waals surface area contributed by atoms with E-state index in [2.05, 4.69) is 5.32 Å². The summed E-state index contributed by atoms with van der Waals surface area (Å²) in [7, 11) is 0. The highest BCUT2D eigenvalue weighted by atomic mass is 32.1. The molecule has 1 N–H and O–H groups in total. The molecule has 104 valence electrons. The number of thiophene rings is 1. The number of hydrogen-bond acceptors (Lipinski definition) is 4. The lowest BCUT2D eigenvalue weighted by Crippen LogP contribution is -2.35. The molecule has 0 aromatic carbocycles. The molecule has 1 fully saturated rings. The van der Waals surface area contributed by atoms with Crippen LogP contribution in [0.1, 0.15) is 34.3 Å². The van der Waals surface area contributed by atoms with Crippen LogP contribution in [0.3, 0.4) is 0 Å². The van der Waals surface area contributed by atoms with Crippen LogP contribution in [0, 0.1) is 5.92 Å². The number of hydrogen-bond donors (Lipinski definition) is 1. The van der Waals surface area contributed by atoms with Gasteiger partial charge in [0.25, 0.3) is 0 Å². The zero-order chi connectivity index (χ0) is 13.7. The van der Waals surface area contributed by atoms with Crippen molar-refractivity contribution in [3.63, 3.8) is 0 Å². The molecule has 1 aromatic rings. The Morgan fingerprint density at radius 1 is 1.37 bits per heavy atom. The molecule has 0 unspecified atom stereocenters. The highest BCUT2D eigenvalue weighted by Gasteiger charge is 2.20. The lowest BCUT2D eigenvalue weighted by atomic mass is 9.99. The number of carbonyl (C=O) groups is 2. The van der Waals surface area contributed by atoms with Gasteiger partial charge in [-0.3, -0.25) is 9.59 Å². The second-order valence-electron chi connectivity index (χ2n) is 4.75. The number of Topliss-reactive ketones (excluding diaryl/α,β-unsaturated/α-hetero) is 1. The number of carbonyl (C=O) groups excluding carboxylic acids is 2. The Morgan fingerprint density at radius 3 is 2.74 bits per heavy atom. The van der Waals surface area contributed by atoms with Crippen LogP contribution in [0.15, 0.2) is 12.1 Å². The highest BCUT2D eigenvalue weighted by Crippen LogP contribution is 2.17. The van der Waals surface area contributed by atoms with Gasteiger partial charge in [0.05, 0.1) is 4.88 Å². The third-order valence-corrected chi connectivity index (χ3v) is 4.52. The molecule has 1 aromatic heterocycles. The van der Waals surface area contributed by atoms with Gasteiger partial charge < -0.3 is 10.1 Å². The largest absolute Gasteiger partial charge is 0.381 e. The van der Waals surface area contributed by atoms with Crippen LogP contribution in [-0.4, -0.2) is 31.4 Å². The van der Waals surface area contributed by atoms with E-state index in [1.807, 2.05) is 12.1 Å². The van der Waals surface area contributed by atoms with E-state index in [-0.39, 0.29) is 17.6 Å². The summed E-state index contributed by atoms with van der Waals surface area (Å²) in [4.78, 5) is 25.0. The van der Waals surface area contributed by atoms with E-state index in [1.54, 1.807) is 6.92 Å². The van der Waals surface area contributed by atoms with Crippen molar-refractivity contribution in [2.45, 2.75) is 26.2 Å². The molecule has 5 heteroatoms. The van der Waals surface area contributed by atoms with Gasteiger partial charge in [0, 0.05) is 30.6 Å². The first-order valence-electron chi connectivity index (χ1n) is 6.62. The average Bonchev–Trinajstić information content (AvgIpc) is 2.89. The van der Waals surface area contributed by atoms with E-state index in [1.165, 1.54) is 11.3 Å². The van der Waals surface area contributed by atoms with E-state index in [4.69, 9.17) is 4.74 Å². The summed E-state index contributed by atoms with van der Waals surface area (Å²) in [6.45, 7) is 3.58. The molecule has 0 spiro atoms. The van der Waals surface area contributed by atoms with Gasteiger partial charge in [0.1, 0.15) is 0 Å². The zero-order valence-electron chi connectivity index (χ0n) is 11.1. The fourth-order valence-corrected chi connectivity index (χ4v) is 3.02. The Kier molecular flexibility index (Phi) is 5.10. The first-order valence-corrected chi connectivity index (χ1v) is 7.43. The van der Waals surface area contributed by atoms with Crippen molar-refractivity contribution in [1.29, 1.82) is 0 Å². The van der Waals surface area contributed by atoms with Gasteiger partial charge in [-0.1, -0.05) is 0 Å². The average molecular weight is 281 g/mol. The standard InChI is InChI=1S/C14H19NO3S/c1-10(16)13-3-2-12(19-13)4-7-15-14(17)11-5-8-18-9-6-11/h2-3,11H,4-9H2,1H3,(H,15,17). The van der Waals surface area contributed by atoms with Gasteiger partial charge >= 0.3 is 0 Å². The van der Waals surface area contributed by atoms with Crippen molar-refractivity contribution in [3.05, 3.63) is 21.9 Å². The summed E-state index contributed by atoms with van der Waals surface area (Å²) in [5.41, 5.74) is 0. The molecule has 1 saturated heterocycles. The van der Waals surface area contributed by atoms with E-state index >= 15 is 0 Å². The number of ketones is 1. The van der Waals surface area contributed by atoms with E-state index in [0.29, 0.717) is 19.8 Å². The topological polar surface area (TPSA) is 55.4 Å². The summed E-state index contributed by atoms with van der Waals surface area (Å²) in [5, 5.41) is 2.97. The molecular weight excluding hydrogens is 262 g/mol. The normalized spacial score (nSPS) is 16.3. The van der Waals surface area contributed by atoms with Crippen molar-refractivity contribution in [3.8, 4) is 0 Å². The van der Waals surface area contributed by atoms with Crippen molar-refractivity contribution in [1.82, 2.24) is 5.32 Å². The molecule has 1 aliphatic heterocycles. The van der Waals surface area contributed by atoms with Crippen molar-refractivity contribution >= 4 is 23.0 Å². The number of nitrogens with one attached hydrogen (secondary N) is 1. The molecule has 0 radical (unpaired) electrons. The van der Waals surface area contributed by atoms with Crippen LogP contribution < -0.4 is 5.32 Å². The molecule has 0 saturated carbocycles. The van der Waals surface area contributed by atoms with Crippen LogP contribution in [0.5, 0.6) is 0 Å². The minimum Gasteiger partial charge on any atom is -0.381 e. The third-order valence-electron chi connectivity index (χ3n) is 3.27. The highest BCUT2D eigenvalue weighted by molar-refractivity contribution is 7.14. The van der Waals surface area contributed by atoms with Gasteiger partial charge in [-0.05, 0) is 38.3 Å².